The van der Waals surface area contributed by atoms with Crippen molar-refractivity contribution in [2.45, 2.75) is 39.7 Å². The van der Waals surface area contributed by atoms with E-state index in [1.807, 2.05) is 19.9 Å². The van der Waals surface area contributed by atoms with Crippen molar-refractivity contribution in [1.82, 2.24) is 15.6 Å². The quantitative estimate of drug-likeness (QED) is 0.857. The number of thiazole rings is 1. The van der Waals surface area contributed by atoms with Gasteiger partial charge in [0.25, 0.3) is 0 Å². The van der Waals surface area contributed by atoms with Gasteiger partial charge in [0.15, 0.2) is 0 Å². The van der Waals surface area contributed by atoms with Crippen LogP contribution in [0.5, 0.6) is 0 Å². The molecule has 0 fully saturated rings. The van der Waals surface area contributed by atoms with E-state index in [0.29, 0.717) is 6.54 Å². The molecular formula is C15H21N3OS2. The topological polar surface area (TPSA) is 54.0 Å². The Hall–Kier alpha value is -1.40. The highest BCUT2D eigenvalue weighted by molar-refractivity contribution is 7.11. The van der Waals surface area contributed by atoms with E-state index in [1.54, 1.807) is 22.7 Å². The van der Waals surface area contributed by atoms with Crippen molar-refractivity contribution >= 4 is 28.7 Å². The monoisotopic (exact) mass is 323 g/mol. The highest BCUT2D eigenvalue weighted by Crippen LogP contribution is 2.16. The van der Waals surface area contributed by atoms with Gasteiger partial charge in [-0.15, -0.1) is 22.7 Å². The first-order valence-corrected chi connectivity index (χ1v) is 8.74. The second-order valence-electron chi connectivity index (χ2n) is 5.08. The van der Waals surface area contributed by atoms with E-state index in [-0.39, 0.29) is 12.1 Å². The third-order valence-corrected chi connectivity index (χ3v) is 5.19. The molecule has 0 saturated heterocycles. The van der Waals surface area contributed by atoms with Gasteiger partial charge in [0.2, 0.25) is 0 Å². The van der Waals surface area contributed by atoms with E-state index < -0.39 is 0 Å². The van der Waals surface area contributed by atoms with Crippen LogP contribution < -0.4 is 10.6 Å². The second kappa shape index (κ2) is 7.56. The molecule has 0 aliphatic heterocycles. The normalized spacial score (nSPS) is 12.1. The van der Waals surface area contributed by atoms with Crippen molar-refractivity contribution in [3.8, 4) is 0 Å². The molecule has 21 heavy (non-hydrogen) atoms. The van der Waals surface area contributed by atoms with Gasteiger partial charge in [0.1, 0.15) is 0 Å². The van der Waals surface area contributed by atoms with Gasteiger partial charge in [-0.05, 0) is 32.2 Å². The Morgan fingerprint density at radius 1 is 1.43 bits per heavy atom. The number of rotatable bonds is 6. The van der Waals surface area contributed by atoms with Crippen LogP contribution >= 0.6 is 22.7 Å². The summed E-state index contributed by atoms with van der Waals surface area (Å²) in [5.74, 6) is 0. The third-order valence-electron chi connectivity index (χ3n) is 3.16. The van der Waals surface area contributed by atoms with Crippen molar-refractivity contribution in [2.24, 2.45) is 0 Å². The molecule has 1 atom stereocenters. The zero-order valence-electron chi connectivity index (χ0n) is 12.6. The maximum Gasteiger partial charge on any atom is 0.315 e. The minimum Gasteiger partial charge on any atom is -0.338 e. The molecule has 2 aromatic rings. The van der Waals surface area contributed by atoms with E-state index in [4.69, 9.17) is 0 Å². The van der Waals surface area contributed by atoms with Crippen LogP contribution in [-0.4, -0.2) is 23.6 Å². The molecule has 2 rings (SSSR count). The molecule has 0 radical (unpaired) electrons. The first-order valence-electron chi connectivity index (χ1n) is 7.04. The highest BCUT2D eigenvalue weighted by Gasteiger charge is 2.09. The smallest absolute Gasteiger partial charge is 0.315 e. The number of thiophene rings is 1. The Morgan fingerprint density at radius 3 is 2.86 bits per heavy atom. The molecule has 0 aliphatic carbocycles. The lowest BCUT2D eigenvalue weighted by atomic mass is 10.2. The third kappa shape index (κ3) is 5.13. The van der Waals surface area contributed by atoms with Crippen LogP contribution in [0.1, 0.15) is 27.4 Å². The lowest BCUT2D eigenvalue weighted by Gasteiger charge is -2.13. The average Bonchev–Trinajstić information content (AvgIpc) is 3.00. The van der Waals surface area contributed by atoms with Crippen LogP contribution in [0.2, 0.25) is 0 Å². The largest absolute Gasteiger partial charge is 0.338 e. The summed E-state index contributed by atoms with van der Waals surface area (Å²) in [6.07, 6.45) is 1.65. The van der Waals surface area contributed by atoms with Gasteiger partial charge < -0.3 is 10.6 Å². The number of carbonyl (C=O) groups is 1. The Bertz CT molecular complexity index is 558. The van der Waals surface area contributed by atoms with Gasteiger partial charge in [-0.1, -0.05) is 6.07 Å². The SMILES string of the molecule is Cc1nc(CCNC(=O)N[C@H](C)Cc2cccs2)sc1C. The molecular weight excluding hydrogens is 302 g/mol. The van der Waals surface area contributed by atoms with Crippen LogP contribution in [0.25, 0.3) is 0 Å². The fourth-order valence-corrected chi connectivity index (χ4v) is 3.75. The number of amides is 2. The predicted molar refractivity (Wildman–Crippen MR) is 89.3 cm³/mol. The molecule has 2 aromatic heterocycles. The zero-order valence-corrected chi connectivity index (χ0v) is 14.2. The zero-order chi connectivity index (χ0) is 15.2. The molecule has 2 amide bonds. The van der Waals surface area contributed by atoms with E-state index in [9.17, 15) is 4.79 Å². The lowest BCUT2D eigenvalue weighted by Crippen LogP contribution is -2.42. The van der Waals surface area contributed by atoms with E-state index in [2.05, 4.69) is 34.0 Å². The van der Waals surface area contributed by atoms with E-state index in [1.165, 1.54) is 9.75 Å². The molecule has 0 bridgehead atoms. The highest BCUT2D eigenvalue weighted by atomic mass is 32.1. The molecule has 4 nitrogen and oxygen atoms in total. The molecule has 6 heteroatoms. The predicted octanol–water partition coefficient (Wildman–Crippen LogP) is 3.29. The second-order valence-corrected chi connectivity index (χ2v) is 7.40. The molecule has 114 valence electrons. The molecule has 0 spiro atoms. The summed E-state index contributed by atoms with van der Waals surface area (Å²) in [5, 5.41) is 8.99. The Balaban J connectivity index is 1.67. The Kier molecular flexibility index (Phi) is 5.76. The number of nitrogens with one attached hydrogen (secondary N) is 2. The van der Waals surface area contributed by atoms with E-state index in [0.717, 1.165) is 23.5 Å². The van der Waals surface area contributed by atoms with Crippen molar-refractivity contribution in [3.63, 3.8) is 0 Å². The van der Waals surface area contributed by atoms with Gasteiger partial charge in [-0.3, -0.25) is 0 Å². The number of aryl methyl sites for hydroxylation is 2. The van der Waals surface area contributed by atoms with Crippen LogP contribution in [0.3, 0.4) is 0 Å². The number of nitrogens with zero attached hydrogens (tertiary/aromatic N) is 1. The summed E-state index contributed by atoms with van der Waals surface area (Å²) < 4.78 is 0. The summed E-state index contributed by atoms with van der Waals surface area (Å²) in [7, 11) is 0. The van der Waals surface area contributed by atoms with Crippen molar-refractivity contribution < 1.29 is 4.79 Å². The molecule has 0 aromatic carbocycles. The number of aromatic nitrogens is 1. The number of carbonyl (C=O) groups excluding carboxylic acids is 1. The fraction of sp³-hybridized carbons (Fsp3) is 0.467. The molecule has 2 N–H and O–H groups in total. The first-order chi connectivity index (χ1) is 10.0. The molecule has 0 saturated carbocycles. The maximum atomic E-state index is 11.8. The number of hydrogen-bond acceptors (Lipinski definition) is 4. The lowest BCUT2D eigenvalue weighted by molar-refractivity contribution is 0.238. The van der Waals surface area contributed by atoms with Crippen LogP contribution in [0.15, 0.2) is 17.5 Å². The van der Waals surface area contributed by atoms with Crippen LogP contribution in [0.4, 0.5) is 4.79 Å². The maximum absolute atomic E-state index is 11.8. The standard InChI is InChI=1S/C15H21N3OS2/c1-10(9-13-5-4-8-20-13)17-15(19)16-7-6-14-18-11(2)12(3)21-14/h4-5,8,10H,6-7,9H2,1-3H3,(H2,16,17,19)/t10-/m1/s1. The van der Waals surface area contributed by atoms with Crippen molar-refractivity contribution in [1.29, 1.82) is 0 Å². The minimum atomic E-state index is -0.107. The summed E-state index contributed by atoms with van der Waals surface area (Å²) in [4.78, 5) is 18.8. The van der Waals surface area contributed by atoms with Gasteiger partial charge in [0, 0.05) is 35.2 Å². The number of urea groups is 1. The average molecular weight is 323 g/mol. The summed E-state index contributed by atoms with van der Waals surface area (Å²) >= 11 is 3.42. The fourth-order valence-electron chi connectivity index (χ4n) is 1.99. The van der Waals surface area contributed by atoms with Crippen molar-refractivity contribution in [2.75, 3.05) is 6.54 Å². The van der Waals surface area contributed by atoms with Crippen molar-refractivity contribution in [3.05, 3.63) is 38.0 Å². The molecule has 0 unspecified atom stereocenters. The van der Waals surface area contributed by atoms with Gasteiger partial charge in [-0.2, -0.15) is 0 Å². The first kappa shape index (κ1) is 16.0. The summed E-state index contributed by atoms with van der Waals surface area (Å²) in [6.45, 7) is 6.72. The minimum absolute atomic E-state index is 0.107. The number of hydrogen-bond donors (Lipinski definition) is 2. The Labute approximate surface area is 133 Å². The van der Waals surface area contributed by atoms with Gasteiger partial charge in [-0.25, -0.2) is 9.78 Å². The molecule has 2 heterocycles. The van der Waals surface area contributed by atoms with Crippen LogP contribution in [-0.2, 0) is 12.8 Å². The van der Waals surface area contributed by atoms with E-state index >= 15 is 0 Å². The molecule has 0 aliphatic rings. The summed E-state index contributed by atoms with van der Waals surface area (Å²) in [5.41, 5.74) is 1.09. The van der Waals surface area contributed by atoms with Crippen LogP contribution in [0, 0.1) is 13.8 Å². The van der Waals surface area contributed by atoms with Gasteiger partial charge >= 0.3 is 6.03 Å². The summed E-state index contributed by atoms with van der Waals surface area (Å²) in [6, 6.07) is 4.15. The van der Waals surface area contributed by atoms with Gasteiger partial charge in [0.05, 0.1) is 10.7 Å². The Morgan fingerprint density at radius 2 is 2.24 bits per heavy atom.